The molecule has 0 fully saturated rings. The van der Waals surface area contributed by atoms with Crippen molar-refractivity contribution in [3.8, 4) is 5.75 Å². The summed E-state index contributed by atoms with van der Waals surface area (Å²) in [5.41, 5.74) is -1.03. The fourth-order valence-corrected chi connectivity index (χ4v) is 2.25. The van der Waals surface area contributed by atoms with Crippen molar-refractivity contribution in [1.82, 2.24) is 4.90 Å². The predicted molar refractivity (Wildman–Crippen MR) is 95.1 cm³/mol. The van der Waals surface area contributed by atoms with E-state index in [1.807, 2.05) is 0 Å². The van der Waals surface area contributed by atoms with E-state index in [1.165, 1.54) is 36.2 Å². The van der Waals surface area contributed by atoms with Crippen LogP contribution in [0.25, 0.3) is 5.57 Å². The molecule has 2 rings (SSSR count). The van der Waals surface area contributed by atoms with E-state index in [-0.39, 0.29) is 18.7 Å². The molecular formula is C19H17ClF3NO2. The second-order valence-electron chi connectivity index (χ2n) is 5.48. The number of nitrogens with zero attached hydrogens (tertiary/aromatic N) is 1. The summed E-state index contributed by atoms with van der Waals surface area (Å²) in [5, 5.41) is 0.565. The van der Waals surface area contributed by atoms with Gasteiger partial charge in [0.2, 0.25) is 5.91 Å². The van der Waals surface area contributed by atoms with Gasteiger partial charge in [-0.15, -0.1) is 0 Å². The Hall–Kier alpha value is -2.47. The molecular weight excluding hydrogens is 367 g/mol. The van der Waals surface area contributed by atoms with Crippen molar-refractivity contribution < 1.29 is 22.7 Å². The Balaban J connectivity index is 2.01. The summed E-state index contributed by atoms with van der Waals surface area (Å²) in [6.45, 7) is 0.280. The lowest BCUT2D eigenvalue weighted by Crippen LogP contribution is -2.30. The fraction of sp³-hybridized carbons (Fsp3) is 0.211. The monoisotopic (exact) mass is 383 g/mol. The molecule has 0 bridgehead atoms. The highest BCUT2D eigenvalue weighted by Gasteiger charge is 2.35. The van der Waals surface area contributed by atoms with Crippen molar-refractivity contribution in [1.29, 1.82) is 0 Å². The molecule has 7 heteroatoms. The third-order valence-corrected chi connectivity index (χ3v) is 3.80. The Morgan fingerprint density at radius 3 is 2.31 bits per heavy atom. The van der Waals surface area contributed by atoms with Crippen LogP contribution in [0.4, 0.5) is 13.2 Å². The van der Waals surface area contributed by atoms with E-state index in [9.17, 15) is 18.0 Å². The Morgan fingerprint density at radius 2 is 1.73 bits per heavy atom. The van der Waals surface area contributed by atoms with Crippen molar-refractivity contribution in [3.05, 3.63) is 71.3 Å². The number of likely N-dealkylation sites (N-methyl/N-ethyl adjacent to an activating group) is 1. The molecule has 0 aliphatic carbocycles. The minimum absolute atomic E-state index is 0.0563. The Morgan fingerprint density at radius 1 is 1.12 bits per heavy atom. The van der Waals surface area contributed by atoms with Gasteiger partial charge in [-0.3, -0.25) is 4.79 Å². The van der Waals surface area contributed by atoms with E-state index >= 15 is 0 Å². The molecule has 2 aromatic rings. The van der Waals surface area contributed by atoms with Crippen LogP contribution in [0.2, 0.25) is 5.02 Å². The minimum atomic E-state index is -4.63. The predicted octanol–water partition coefficient (Wildman–Crippen LogP) is 4.82. The maximum absolute atomic E-state index is 13.3. The van der Waals surface area contributed by atoms with Crippen LogP contribution in [-0.2, 0) is 4.79 Å². The van der Waals surface area contributed by atoms with E-state index in [0.29, 0.717) is 16.8 Å². The summed E-state index contributed by atoms with van der Waals surface area (Å²) in [7, 11) is 1.42. The van der Waals surface area contributed by atoms with Gasteiger partial charge in [0.15, 0.2) is 0 Å². The normalized spacial score (nSPS) is 12.0. The summed E-state index contributed by atoms with van der Waals surface area (Å²) >= 11 is 5.77. The topological polar surface area (TPSA) is 29.5 Å². The number of halogens is 4. The number of amides is 1. The number of rotatable bonds is 6. The average Bonchev–Trinajstić information content (AvgIpc) is 2.60. The van der Waals surface area contributed by atoms with E-state index in [4.69, 9.17) is 16.3 Å². The molecule has 26 heavy (non-hydrogen) atoms. The van der Waals surface area contributed by atoms with Crippen molar-refractivity contribution in [3.63, 3.8) is 0 Å². The SMILES string of the molecule is CN(CCOc1ccc(Cl)cc1)C(=O)/C=C(/c1ccccc1)C(F)(F)F. The summed E-state index contributed by atoms with van der Waals surface area (Å²) in [6.07, 6.45) is -4.02. The molecule has 3 nitrogen and oxygen atoms in total. The first-order valence-electron chi connectivity index (χ1n) is 7.75. The highest BCUT2D eigenvalue weighted by atomic mass is 35.5. The van der Waals surface area contributed by atoms with Crippen LogP contribution in [0.1, 0.15) is 5.56 Å². The highest BCUT2D eigenvalue weighted by molar-refractivity contribution is 6.30. The van der Waals surface area contributed by atoms with E-state index in [1.54, 1.807) is 30.3 Å². The zero-order chi connectivity index (χ0) is 19.2. The zero-order valence-electron chi connectivity index (χ0n) is 14.0. The minimum Gasteiger partial charge on any atom is -0.492 e. The average molecular weight is 384 g/mol. The molecule has 138 valence electrons. The van der Waals surface area contributed by atoms with Gasteiger partial charge in [0.25, 0.3) is 0 Å². The summed E-state index contributed by atoms with van der Waals surface area (Å²) in [4.78, 5) is 13.3. The van der Waals surface area contributed by atoms with Gasteiger partial charge in [0.05, 0.1) is 12.1 Å². The number of benzene rings is 2. The molecule has 0 saturated heterocycles. The highest BCUT2D eigenvalue weighted by Crippen LogP contribution is 2.33. The van der Waals surface area contributed by atoms with Crippen LogP contribution in [0.5, 0.6) is 5.75 Å². The fourth-order valence-electron chi connectivity index (χ4n) is 2.12. The summed E-state index contributed by atoms with van der Waals surface area (Å²) in [6, 6.07) is 13.9. The van der Waals surface area contributed by atoms with E-state index < -0.39 is 17.7 Å². The lowest BCUT2D eigenvalue weighted by molar-refractivity contribution is -0.125. The molecule has 0 unspecified atom stereocenters. The number of carbonyl (C=O) groups is 1. The molecule has 0 atom stereocenters. The number of hydrogen-bond donors (Lipinski definition) is 0. The number of alkyl halides is 3. The van der Waals surface area contributed by atoms with Gasteiger partial charge >= 0.3 is 6.18 Å². The largest absolute Gasteiger partial charge is 0.492 e. The molecule has 0 N–H and O–H groups in total. The van der Waals surface area contributed by atoms with Gasteiger partial charge in [-0.25, -0.2) is 0 Å². The first-order chi connectivity index (χ1) is 12.3. The van der Waals surface area contributed by atoms with Crippen molar-refractivity contribution in [2.45, 2.75) is 6.18 Å². The van der Waals surface area contributed by atoms with E-state index in [0.717, 1.165) is 0 Å². The lowest BCUT2D eigenvalue weighted by atomic mass is 10.0. The quantitative estimate of drug-likeness (QED) is 0.669. The van der Waals surface area contributed by atoms with Crippen LogP contribution in [0, 0.1) is 0 Å². The smallest absolute Gasteiger partial charge is 0.417 e. The molecule has 0 aromatic heterocycles. The molecule has 1 amide bonds. The Bertz CT molecular complexity index is 759. The van der Waals surface area contributed by atoms with Gasteiger partial charge in [-0.05, 0) is 29.8 Å². The van der Waals surface area contributed by atoms with Gasteiger partial charge in [0, 0.05) is 18.1 Å². The van der Waals surface area contributed by atoms with Crippen LogP contribution >= 0.6 is 11.6 Å². The maximum Gasteiger partial charge on any atom is 0.417 e. The van der Waals surface area contributed by atoms with E-state index in [2.05, 4.69) is 0 Å². The molecule has 0 aliphatic heterocycles. The molecule has 0 aliphatic rings. The van der Waals surface area contributed by atoms with Gasteiger partial charge in [-0.1, -0.05) is 41.9 Å². The standard InChI is InChI=1S/C19H17ClF3NO2/c1-24(11-12-26-16-9-7-15(20)8-10-16)18(25)13-17(19(21,22)23)14-5-3-2-4-6-14/h2-10,13H,11-12H2,1H3/b17-13-. The second kappa shape index (κ2) is 8.76. The van der Waals surface area contributed by atoms with Gasteiger partial charge in [0.1, 0.15) is 12.4 Å². The number of allylic oxidation sites excluding steroid dienone is 1. The Labute approximate surface area is 154 Å². The van der Waals surface area contributed by atoms with Crippen LogP contribution in [-0.4, -0.2) is 37.2 Å². The Kier molecular flexibility index (Phi) is 6.69. The number of ether oxygens (including phenoxy) is 1. The van der Waals surface area contributed by atoms with Crippen LogP contribution < -0.4 is 4.74 Å². The lowest BCUT2D eigenvalue weighted by Gasteiger charge is -2.18. The second-order valence-corrected chi connectivity index (χ2v) is 5.92. The first-order valence-corrected chi connectivity index (χ1v) is 8.13. The van der Waals surface area contributed by atoms with Gasteiger partial charge < -0.3 is 9.64 Å². The zero-order valence-corrected chi connectivity index (χ0v) is 14.7. The summed E-state index contributed by atoms with van der Waals surface area (Å²) in [5.74, 6) is -0.188. The molecule has 2 aromatic carbocycles. The number of hydrogen-bond acceptors (Lipinski definition) is 2. The van der Waals surface area contributed by atoms with Crippen LogP contribution in [0.3, 0.4) is 0 Å². The van der Waals surface area contributed by atoms with Crippen molar-refractivity contribution >= 4 is 23.1 Å². The molecule has 0 radical (unpaired) electrons. The van der Waals surface area contributed by atoms with Crippen LogP contribution in [0.15, 0.2) is 60.7 Å². The summed E-state index contributed by atoms with van der Waals surface area (Å²) < 4.78 is 45.2. The molecule has 0 heterocycles. The third kappa shape index (κ3) is 5.81. The molecule has 0 spiro atoms. The van der Waals surface area contributed by atoms with Crippen molar-refractivity contribution in [2.75, 3.05) is 20.2 Å². The third-order valence-electron chi connectivity index (χ3n) is 3.54. The van der Waals surface area contributed by atoms with Gasteiger partial charge in [-0.2, -0.15) is 13.2 Å². The molecule has 0 saturated carbocycles. The number of carbonyl (C=O) groups excluding carboxylic acids is 1. The van der Waals surface area contributed by atoms with Crippen molar-refractivity contribution in [2.24, 2.45) is 0 Å². The maximum atomic E-state index is 13.3. The first kappa shape index (κ1) is 19.8.